The van der Waals surface area contributed by atoms with Crippen LogP contribution in [0, 0.1) is 0 Å². The molecule has 13 heavy (non-hydrogen) atoms. The van der Waals surface area contributed by atoms with Crippen LogP contribution in [-0.4, -0.2) is 19.5 Å². The molecule has 0 spiro atoms. The van der Waals surface area contributed by atoms with Gasteiger partial charge >= 0.3 is 0 Å². The van der Waals surface area contributed by atoms with Gasteiger partial charge in [0.25, 0.3) is 0 Å². The number of thioether (sulfide) groups is 1. The molecular weight excluding hydrogens is 248 g/mol. The Morgan fingerprint density at radius 1 is 1.46 bits per heavy atom. The SMILES string of the molecule is COCCSCc1cccc(Br)c1. The van der Waals surface area contributed by atoms with E-state index in [2.05, 4.69) is 34.1 Å². The molecule has 0 radical (unpaired) electrons. The Kier molecular flexibility index (Phi) is 5.51. The van der Waals surface area contributed by atoms with Gasteiger partial charge < -0.3 is 4.74 Å². The lowest BCUT2D eigenvalue weighted by atomic mass is 10.2. The standard InChI is InChI=1S/C10H13BrOS/c1-12-5-6-13-8-9-3-2-4-10(11)7-9/h2-4,7H,5-6,8H2,1H3. The van der Waals surface area contributed by atoms with Crippen molar-refractivity contribution in [2.24, 2.45) is 0 Å². The molecule has 1 aromatic rings. The van der Waals surface area contributed by atoms with Gasteiger partial charge in [0.05, 0.1) is 6.61 Å². The third-order valence-corrected chi connectivity index (χ3v) is 3.08. The summed E-state index contributed by atoms with van der Waals surface area (Å²) in [5, 5.41) is 0. The van der Waals surface area contributed by atoms with Crippen molar-refractivity contribution in [3.8, 4) is 0 Å². The number of hydrogen-bond acceptors (Lipinski definition) is 2. The van der Waals surface area contributed by atoms with E-state index in [1.54, 1.807) is 7.11 Å². The number of hydrogen-bond donors (Lipinski definition) is 0. The molecule has 0 amide bonds. The predicted molar refractivity (Wildman–Crippen MR) is 62.2 cm³/mol. The van der Waals surface area contributed by atoms with Crippen LogP contribution < -0.4 is 0 Å². The van der Waals surface area contributed by atoms with E-state index in [0.717, 1.165) is 22.6 Å². The number of ether oxygens (including phenoxy) is 1. The van der Waals surface area contributed by atoms with Gasteiger partial charge in [0, 0.05) is 23.1 Å². The molecule has 0 bridgehead atoms. The van der Waals surface area contributed by atoms with Crippen LogP contribution >= 0.6 is 27.7 Å². The van der Waals surface area contributed by atoms with E-state index in [4.69, 9.17) is 4.74 Å². The third-order valence-electron chi connectivity index (χ3n) is 1.59. The lowest BCUT2D eigenvalue weighted by Crippen LogP contribution is -1.92. The Bertz CT molecular complexity index is 252. The maximum atomic E-state index is 4.97. The topological polar surface area (TPSA) is 9.23 Å². The predicted octanol–water partition coefficient (Wildman–Crippen LogP) is 3.33. The van der Waals surface area contributed by atoms with E-state index in [1.807, 2.05) is 17.8 Å². The van der Waals surface area contributed by atoms with Crippen LogP contribution in [0.3, 0.4) is 0 Å². The first kappa shape index (κ1) is 11.1. The van der Waals surface area contributed by atoms with Crippen LogP contribution in [0.4, 0.5) is 0 Å². The van der Waals surface area contributed by atoms with Crippen LogP contribution in [0.5, 0.6) is 0 Å². The second-order valence-electron chi connectivity index (χ2n) is 2.68. The van der Waals surface area contributed by atoms with Gasteiger partial charge in [-0.25, -0.2) is 0 Å². The molecule has 0 saturated heterocycles. The summed E-state index contributed by atoms with van der Waals surface area (Å²) >= 11 is 5.34. The molecule has 0 aliphatic carbocycles. The molecular formula is C10H13BrOS. The lowest BCUT2D eigenvalue weighted by Gasteiger charge is -2.01. The second kappa shape index (κ2) is 6.46. The first-order chi connectivity index (χ1) is 6.33. The van der Waals surface area contributed by atoms with Crippen molar-refractivity contribution in [2.45, 2.75) is 5.75 Å². The highest BCUT2D eigenvalue weighted by Crippen LogP contribution is 2.16. The van der Waals surface area contributed by atoms with Gasteiger partial charge in [-0.1, -0.05) is 28.1 Å². The van der Waals surface area contributed by atoms with Crippen molar-refractivity contribution >= 4 is 27.7 Å². The minimum absolute atomic E-state index is 0.832. The summed E-state index contributed by atoms with van der Waals surface area (Å²) in [6.07, 6.45) is 0. The normalized spacial score (nSPS) is 10.3. The molecule has 0 N–H and O–H groups in total. The summed E-state index contributed by atoms with van der Waals surface area (Å²) in [5.74, 6) is 2.12. The molecule has 0 heterocycles. The number of benzene rings is 1. The molecule has 1 aromatic carbocycles. The molecule has 3 heteroatoms. The van der Waals surface area contributed by atoms with Gasteiger partial charge in [-0.3, -0.25) is 0 Å². The van der Waals surface area contributed by atoms with Gasteiger partial charge in [-0.05, 0) is 17.7 Å². The average molecular weight is 261 g/mol. The van der Waals surface area contributed by atoms with Crippen molar-refractivity contribution in [3.05, 3.63) is 34.3 Å². The quantitative estimate of drug-likeness (QED) is 0.752. The zero-order chi connectivity index (χ0) is 9.52. The Labute approximate surface area is 92.0 Å². The van der Waals surface area contributed by atoms with Crippen molar-refractivity contribution in [2.75, 3.05) is 19.5 Å². The summed E-state index contributed by atoms with van der Waals surface area (Å²) in [6, 6.07) is 8.41. The maximum Gasteiger partial charge on any atom is 0.0553 e. The largest absolute Gasteiger partial charge is 0.384 e. The Morgan fingerprint density at radius 3 is 3.00 bits per heavy atom. The van der Waals surface area contributed by atoms with Gasteiger partial charge in [-0.2, -0.15) is 11.8 Å². The van der Waals surface area contributed by atoms with Gasteiger partial charge in [0.1, 0.15) is 0 Å². The molecule has 1 rings (SSSR count). The Morgan fingerprint density at radius 2 is 2.31 bits per heavy atom. The summed E-state index contributed by atoms with van der Waals surface area (Å²) in [4.78, 5) is 0. The number of halogens is 1. The zero-order valence-corrected chi connectivity index (χ0v) is 10.0. The summed E-state index contributed by atoms with van der Waals surface area (Å²) in [7, 11) is 1.74. The van der Waals surface area contributed by atoms with Crippen LogP contribution in [-0.2, 0) is 10.5 Å². The van der Waals surface area contributed by atoms with E-state index in [-0.39, 0.29) is 0 Å². The van der Waals surface area contributed by atoms with Gasteiger partial charge in [0.15, 0.2) is 0 Å². The molecule has 0 aliphatic heterocycles. The summed E-state index contributed by atoms with van der Waals surface area (Å²) in [5.41, 5.74) is 1.36. The van der Waals surface area contributed by atoms with E-state index < -0.39 is 0 Å². The molecule has 72 valence electrons. The van der Waals surface area contributed by atoms with E-state index in [0.29, 0.717) is 0 Å². The van der Waals surface area contributed by atoms with Crippen molar-refractivity contribution in [3.63, 3.8) is 0 Å². The van der Waals surface area contributed by atoms with Crippen LogP contribution in [0.2, 0.25) is 0 Å². The highest BCUT2D eigenvalue weighted by atomic mass is 79.9. The van der Waals surface area contributed by atoms with Crippen LogP contribution in [0.15, 0.2) is 28.7 Å². The fourth-order valence-electron chi connectivity index (χ4n) is 0.959. The minimum atomic E-state index is 0.832. The summed E-state index contributed by atoms with van der Waals surface area (Å²) in [6.45, 7) is 0.832. The highest BCUT2D eigenvalue weighted by molar-refractivity contribution is 9.10. The highest BCUT2D eigenvalue weighted by Gasteiger charge is 1.94. The molecule has 0 saturated carbocycles. The molecule has 0 fully saturated rings. The van der Waals surface area contributed by atoms with Crippen molar-refractivity contribution in [1.29, 1.82) is 0 Å². The minimum Gasteiger partial charge on any atom is -0.384 e. The average Bonchev–Trinajstić information content (AvgIpc) is 2.13. The van der Waals surface area contributed by atoms with E-state index in [9.17, 15) is 0 Å². The number of rotatable bonds is 5. The monoisotopic (exact) mass is 260 g/mol. The fraction of sp³-hybridized carbons (Fsp3) is 0.400. The first-order valence-corrected chi connectivity index (χ1v) is 6.09. The van der Waals surface area contributed by atoms with E-state index in [1.165, 1.54) is 5.56 Å². The molecule has 0 aromatic heterocycles. The first-order valence-electron chi connectivity index (χ1n) is 4.14. The lowest BCUT2D eigenvalue weighted by molar-refractivity contribution is 0.218. The van der Waals surface area contributed by atoms with Crippen molar-refractivity contribution < 1.29 is 4.74 Å². The van der Waals surface area contributed by atoms with Crippen LogP contribution in [0.25, 0.3) is 0 Å². The van der Waals surface area contributed by atoms with Crippen LogP contribution in [0.1, 0.15) is 5.56 Å². The Hall–Kier alpha value is 0.01000. The Balaban J connectivity index is 2.28. The second-order valence-corrected chi connectivity index (χ2v) is 4.70. The van der Waals surface area contributed by atoms with Crippen molar-refractivity contribution in [1.82, 2.24) is 0 Å². The molecule has 1 nitrogen and oxygen atoms in total. The van der Waals surface area contributed by atoms with E-state index >= 15 is 0 Å². The summed E-state index contributed by atoms with van der Waals surface area (Å²) < 4.78 is 6.12. The molecule has 0 atom stereocenters. The van der Waals surface area contributed by atoms with Gasteiger partial charge in [-0.15, -0.1) is 0 Å². The zero-order valence-electron chi connectivity index (χ0n) is 7.63. The molecule has 0 unspecified atom stereocenters. The number of methoxy groups -OCH3 is 1. The smallest absolute Gasteiger partial charge is 0.0553 e. The van der Waals surface area contributed by atoms with Gasteiger partial charge in [0.2, 0.25) is 0 Å². The fourth-order valence-corrected chi connectivity index (χ4v) is 2.25. The maximum absolute atomic E-state index is 4.97. The third kappa shape index (κ3) is 4.69. The molecule has 0 aliphatic rings.